The predicted molar refractivity (Wildman–Crippen MR) is 116 cm³/mol. The van der Waals surface area contributed by atoms with Crippen LogP contribution in [0.15, 0.2) is 28.4 Å². The number of hydrogen-bond donors (Lipinski definition) is 2. The molecule has 0 unspecified atom stereocenters. The number of carbonyl (C=O) groups is 2. The Labute approximate surface area is 170 Å². The highest BCUT2D eigenvalue weighted by Crippen LogP contribution is 2.24. The number of benzene rings is 1. The van der Waals surface area contributed by atoms with Gasteiger partial charge in [-0.15, -0.1) is 5.10 Å². The van der Waals surface area contributed by atoms with Gasteiger partial charge in [-0.25, -0.2) is 0 Å². The standard InChI is InChI=1S/C21H28N4O2S/c1-14-9-8-12-17(15(14)2)22-19(26)13-18-20(27)23-21(28-18)25-24-16-10-6-4-3-5-7-11-16/h8-9,12,18H,3-7,10-11,13H2,1-2H3,(H,22,26)(H,23,25,27)/t18-/m1/s1. The van der Waals surface area contributed by atoms with E-state index in [9.17, 15) is 9.59 Å². The van der Waals surface area contributed by atoms with Gasteiger partial charge in [0.1, 0.15) is 5.25 Å². The third-order valence-corrected chi connectivity index (χ3v) is 6.31. The van der Waals surface area contributed by atoms with Crippen molar-refractivity contribution in [3.05, 3.63) is 29.3 Å². The summed E-state index contributed by atoms with van der Waals surface area (Å²) in [5.74, 6) is -0.355. The Hall–Kier alpha value is -2.15. The van der Waals surface area contributed by atoms with Crippen LogP contribution in [0.2, 0.25) is 0 Å². The Morgan fingerprint density at radius 1 is 1.14 bits per heavy atom. The van der Waals surface area contributed by atoms with Gasteiger partial charge in [0.05, 0.1) is 0 Å². The molecule has 150 valence electrons. The molecule has 2 aliphatic rings. The average Bonchev–Trinajstić information content (AvgIpc) is 2.97. The van der Waals surface area contributed by atoms with Crippen molar-refractivity contribution in [1.29, 1.82) is 0 Å². The second kappa shape index (κ2) is 9.87. The Bertz CT molecular complexity index is 794. The molecule has 2 fully saturated rings. The molecule has 1 heterocycles. The van der Waals surface area contributed by atoms with Gasteiger partial charge in [0.15, 0.2) is 5.17 Å². The zero-order chi connectivity index (χ0) is 19.9. The molecule has 2 amide bonds. The summed E-state index contributed by atoms with van der Waals surface area (Å²) in [7, 11) is 0. The molecule has 0 radical (unpaired) electrons. The lowest BCUT2D eigenvalue weighted by atomic mass is 9.99. The lowest BCUT2D eigenvalue weighted by molar-refractivity contribution is -0.122. The van der Waals surface area contributed by atoms with Crippen molar-refractivity contribution in [3.63, 3.8) is 0 Å². The summed E-state index contributed by atoms with van der Waals surface area (Å²) in [5.41, 5.74) is 4.06. The van der Waals surface area contributed by atoms with Crippen molar-refractivity contribution in [3.8, 4) is 0 Å². The first-order valence-electron chi connectivity index (χ1n) is 10.00. The van der Waals surface area contributed by atoms with Crippen molar-refractivity contribution in [2.75, 3.05) is 5.32 Å². The highest BCUT2D eigenvalue weighted by molar-refractivity contribution is 8.15. The molecule has 7 heteroatoms. The molecule has 1 saturated carbocycles. The fourth-order valence-electron chi connectivity index (χ4n) is 3.37. The largest absolute Gasteiger partial charge is 0.326 e. The van der Waals surface area contributed by atoms with Crippen molar-refractivity contribution < 1.29 is 9.59 Å². The topological polar surface area (TPSA) is 82.9 Å². The minimum Gasteiger partial charge on any atom is -0.326 e. The average molecular weight is 401 g/mol. The van der Waals surface area contributed by atoms with E-state index in [1.807, 2.05) is 32.0 Å². The summed E-state index contributed by atoms with van der Waals surface area (Å²) < 4.78 is 0. The van der Waals surface area contributed by atoms with Gasteiger partial charge in [0.25, 0.3) is 0 Å². The summed E-state index contributed by atoms with van der Waals surface area (Å²) in [6.45, 7) is 3.98. The minimum absolute atomic E-state index is 0.111. The summed E-state index contributed by atoms with van der Waals surface area (Å²) in [6.07, 6.45) is 8.19. The smallest absolute Gasteiger partial charge is 0.240 e. The van der Waals surface area contributed by atoms with Gasteiger partial charge in [-0.2, -0.15) is 5.10 Å². The molecule has 1 aliphatic carbocycles. The van der Waals surface area contributed by atoms with Crippen LogP contribution in [0.4, 0.5) is 5.69 Å². The fraction of sp³-hybridized carbons (Fsp3) is 0.524. The zero-order valence-corrected chi connectivity index (χ0v) is 17.4. The highest BCUT2D eigenvalue weighted by Gasteiger charge is 2.32. The Kier molecular flexibility index (Phi) is 7.25. The van der Waals surface area contributed by atoms with Crippen LogP contribution in [0, 0.1) is 13.8 Å². The molecule has 0 spiro atoms. The van der Waals surface area contributed by atoms with Crippen LogP contribution in [0.25, 0.3) is 0 Å². The minimum atomic E-state index is -0.471. The van der Waals surface area contributed by atoms with Gasteiger partial charge >= 0.3 is 0 Å². The number of nitrogens with zero attached hydrogens (tertiary/aromatic N) is 2. The quantitative estimate of drug-likeness (QED) is 0.738. The second-order valence-corrected chi connectivity index (χ2v) is 8.63. The lowest BCUT2D eigenvalue weighted by Gasteiger charge is -2.11. The van der Waals surface area contributed by atoms with Crippen LogP contribution in [0.1, 0.15) is 62.5 Å². The van der Waals surface area contributed by atoms with Crippen LogP contribution in [0.5, 0.6) is 0 Å². The number of hydrogen-bond acceptors (Lipinski definition) is 5. The SMILES string of the molecule is Cc1cccc(NC(=O)C[C@H]2S/C(=N/N=C3CCCCCCC3)NC2=O)c1C. The number of amidine groups is 1. The molecule has 2 N–H and O–H groups in total. The molecule has 6 nitrogen and oxygen atoms in total. The molecule has 0 bridgehead atoms. The van der Waals surface area contributed by atoms with E-state index in [4.69, 9.17) is 0 Å². The first-order chi connectivity index (χ1) is 13.5. The van der Waals surface area contributed by atoms with Crippen LogP contribution >= 0.6 is 11.8 Å². The first-order valence-corrected chi connectivity index (χ1v) is 10.9. The Morgan fingerprint density at radius 2 is 1.86 bits per heavy atom. The second-order valence-electron chi connectivity index (χ2n) is 7.43. The molecular weight excluding hydrogens is 372 g/mol. The normalized spacial score (nSPS) is 21.8. The third kappa shape index (κ3) is 5.67. The van der Waals surface area contributed by atoms with E-state index in [2.05, 4.69) is 20.8 Å². The molecule has 1 aromatic carbocycles. The highest BCUT2D eigenvalue weighted by atomic mass is 32.2. The zero-order valence-electron chi connectivity index (χ0n) is 16.6. The van der Waals surface area contributed by atoms with Crippen molar-refractivity contribution in [1.82, 2.24) is 5.32 Å². The van der Waals surface area contributed by atoms with Crippen LogP contribution in [0.3, 0.4) is 0 Å². The van der Waals surface area contributed by atoms with E-state index in [-0.39, 0.29) is 18.2 Å². The molecule has 1 saturated heterocycles. The van der Waals surface area contributed by atoms with E-state index in [0.717, 1.165) is 48.2 Å². The van der Waals surface area contributed by atoms with Gasteiger partial charge in [-0.1, -0.05) is 43.2 Å². The monoisotopic (exact) mass is 400 g/mol. The van der Waals surface area contributed by atoms with E-state index in [0.29, 0.717) is 5.17 Å². The number of anilines is 1. The fourth-order valence-corrected chi connectivity index (χ4v) is 4.29. The maximum Gasteiger partial charge on any atom is 0.240 e. The maximum atomic E-state index is 12.4. The molecule has 1 aliphatic heterocycles. The van der Waals surface area contributed by atoms with Gasteiger partial charge in [-0.05, 0) is 56.7 Å². The molecule has 0 aromatic heterocycles. The summed E-state index contributed by atoms with van der Waals surface area (Å²) in [4.78, 5) is 24.6. The van der Waals surface area contributed by atoms with Crippen molar-refractivity contribution >= 4 is 40.1 Å². The van der Waals surface area contributed by atoms with Crippen LogP contribution < -0.4 is 10.6 Å². The number of thioether (sulfide) groups is 1. The summed E-state index contributed by atoms with van der Waals surface area (Å²) in [6, 6.07) is 5.79. The number of aryl methyl sites for hydroxylation is 1. The number of amides is 2. The molecule has 28 heavy (non-hydrogen) atoms. The van der Waals surface area contributed by atoms with E-state index in [1.165, 1.54) is 31.0 Å². The van der Waals surface area contributed by atoms with Crippen molar-refractivity contribution in [2.24, 2.45) is 10.2 Å². The first kappa shape index (κ1) is 20.6. The maximum absolute atomic E-state index is 12.4. The molecule has 1 aromatic rings. The molecular formula is C21H28N4O2S. The lowest BCUT2D eigenvalue weighted by Crippen LogP contribution is -2.28. The molecule has 1 atom stereocenters. The van der Waals surface area contributed by atoms with Crippen LogP contribution in [-0.4, -0.2) is 27.9 Å². The van der Waals surface area contributed by atoms with Crippen LogP contribution in [-0.2, 0) is 9.59 Å². The number of nitrogens with one attached hydrogen (secondary N) is 2. The Balaban J connectivity index is 1.56. The van der Waals surface area contributed by atoms with E-state index < -0.39 is 5.25 Å². The molecule has 3 rings (SSSR count). The Morgan fingerprint density at radius 3 is 2.61 bits per heavy atom. The van der Waals surface area contributed by atoms with Gasteiger partial charge in [0, 0.05) is 17.8 Å². The number of rotatable bonds is 4. The van der Waals surface area contributed by atoms with Gasteiger partial charge in [-0.3, -0.25) is 9.59 Å². The predicted octanol–water partition coefficient (Wildman–Crippen LogP) is 4.32. The van der Waals surface area contributed by atoms with Gasteiger partial charge < -0.3 is 10.6 Å². The van der Waals surface area contributed by atoms with E-state index in [1.54, 1.807) is 0 Å². The third-order valence-electron chi connectivity index (χ3n) is 5.24. The van der Waals surface area contributed by atoms with Gasteiger partial charge in [0.2, 0.25) is 11.8 Å². The summed E-state index contributed by atoms with van der Waals surface area (Å²) >= 11 is 1.28. The van der Waals surface area contributed by atoms with Crippen molar-refractivity contribution in [2.45, 2.75) is 70.5 Å². The number of carbonyl (C=O) groups excluding carboxylic acids is 2. The summed E-state index contributed by atoms with van der Waals surface area (Å²) in [5, 5.41) is 14.3. The van der Waals surface area contributed by atoms with E-state index >= 15 is 0 Å².